The third-order valence-corrected chi connectivity index (χ3v) is 3.32. The summed E-state index contributed by atoms with van der Waals surface area (Å²) >= 11 is 0. The molecule has 1 unspecified atom stereocenters. The predicted molar refractivity (Wildman–Crippen MR) is 71.4 cm³/mol. The molecule has 0 aliphatic rings. The van der Waals surface area contributed by atoms with Crippen LogP contribution in [0.15, 0.2) is 6.20 Å². The molecule has 0 aliphatic carbocycles. The highest BCUT2D eigenvalue weighted by molar-refractivity contribution is 5.41. The number of pyridine rings is 1. The second-order valence-corrected chi connectivity index (χ2v) is 4.99. The normalized spacial score (nSPS) is 12.9. The molecule has 3 heteroatoms. The first-order chi connectivity index (χ1) is 7.97. The first-order valence-electron chi connectivity index (χ1n) is 6.22. The Balaban J connectivity index is 2.79. The van der Waals surface area contributed by atoms with Gasteiger partial charge in [-0.05, 0) is 32.6 Å². The molecule has 0 amide bonds. The molecule has 0 saturated heterocycles. The molecule has 0 radical (unpaired) electrons. The number of aryl methyl sites for hydroxylation is 2. The molecule has 0 fully saturated rings. The van der Waals surface area contributed by atoms with E-state index in [1.165, 1.54) is 0 Å². The average Bonchev–Trinajstić information content (AvgIpc) is 2.28. The summed E-state index contributed by atoms with van der Waals surface area (Å²) in [5.74, 6) is 1.47. The first kappa shape index (κ1) is 14.0. The maximum atomic E-state index is 6.06. The molecule has 0 saturated carbocycles. The van der Waals surface area contributed by atoms with Crippen LogP contribution < -0.4 is 10.5 Å². The molecule has 3 nitrogen and oxygen atoms in total. The standard InChI is InChI=1S/C14H24N2O/c1-9(2)12(15)6-7-13-11(4)14(17-5)10(3)8-16-13/h8-9,12H,6-7,15H2,1-5H3. The van der Waals surface area contributed by atoms with Crippen LogP contribution in [0.25, 0.3) is 0 Å². The van der Waals surface area contributed by atoms with E-state index >= 15 is 0 Å². The lowest BCUT2D eigenvalue weighted by Gasteiger charge is -2.17. The van der Waals surface area contributed by atoms with Gasteiger partial charge in [-0.25, -0.2) is 0 Å². The fraction of sp³-hybridized carbons (Fsp3) is 0.643. The maximum Gasteiger partial charge on any atom is 0.128 e. The van der Waals surface area contributed by atoms with Gasteiger partial charge in [0.2, 0.25) is 0 Å². The Morgan fingerprint density at radius 3 is 2.53 bits per heavy atom. The van der Waals surface area contributed by atoms with E-state index in [9.17, 15) is 0 Å². The fourth-order valence-electron chi connectivity index (χ4n) is 1.96. The Kier molecular flexibility index (Phi) is 4.94. The Morgan fingerprint density at radius 1 is 1.35 bits per heavy atom. The number of ether oxygens (including phenoxy) is 1. The van der Waals surface area contributed by atoms with E-state index in [4.69, 9.17) is 10.5 Å². The highest BCUT2D eigenvalue weighted by Crippen LogP contribution is 2.25. The topological polar surface area (TPSA) is 48.1 Å². The number of nitrogens with two attached hydrogens (primary N) is 1. The van der Waals surface area contributed by atoms with Crippen LogP contribution in [0.4, 0.5) is 0 Å². The molecular weight excluding hydrogens is 212 g/mol. The van der Waals surface area contributed by atoms with Crippen molar-refractivity contribution in [1.82, 2.24) is 4.98 Å². The van der Waals surface area contributed by atoms with Crippen LogP contribution in [0.5, 0.6) is 5.75 Å². The minimum absolute atomic E-state index is 0.239. The highest BCUT2D eigenvalue weighted by atomic mass is 16.5. The zero-order chi connectivity index (χ0) is 13.0. The van der Waals surface area contributed by atoms with E-state index in [1.807, 2.05) is 13.1 Å². The lowest BCUT2D eigenvalue weighted by Crippen LogP contribution is -2.27. The zero-order valence-electron chi connectivity index (χ0n) is 11.6. The predicted octanol–water partition coefficient (Wildman–Crippen LogP) is 2.62. The number of nitrogens with zero attached hydrogens (tertiary/aromatic N) is 1. The van der Waals surface area contributed by atoms with Crippen molar-refractivity contribution in [3.8, 4) is 5.75 Å². The lowest BCUT2D eigenvalue weighted by molar-refractivity contribution is 0.406. The maximum absolute atomic E-state index is 6.06. The van der Waals surface area contributed by atoms with Gasteiger partial charge in [0, 0.05) is 29.1 Å². The van der Waals surface area contributed by atoms with E-state index in [0.29, 0.717) is 5.92 Å². The molecule has 2 N–H and O–H groups in total. The Hall–Kier alpha value is -1.09. The molecule has 0 aliphatic heterocycles. The molecule has 1 rings (SSSR count). The molecule has 0 aromatic carbocycles. The molecule has 0 bridgehead atoms. The summed E-state index contributed by atoms with van der Waals surface area (Å²) in [6.45, 7) is 8.39. The summed E-state index contributed by atoms with van der Waals surface area (Å²) < 4.78 is 5.40. The minimum atomic E-state index is 0.239. The van der Waals surface area contributed by atoms with Crippen LogP contribution in [0.3, 0.4) is 0 Å². The summed E-state index contributed by atoms with van der Waals surface area (Å²) in [6.07, 6.45) is 3.77. The van der Waals surface area contributed by atoms with Crippen molar-refractivity contribution in [3.05, 3.63) is 23.0 Å². The van der Waals surface area contributed by atoms with Gasteiger partial charge in [-0.1, -0.05) is 13.8 Å². The molecule has 1 atom stereocenters. The van der Waals surface area contributed by atoms with Gasteiger partial charge < -0.3 is 10.5 Å². The molecule has 0 spiro atoms. The fourth-order valence-corrected chi connectivity index (χ4v) is 1.96. The second-order valence-electron chi connectivity index (χ2n) is 4.99. The summed E-state index contributed by atoms with van der Waals surface area (Å²) in [5, 5.41) is 0. The zero-order valence-corrected chi connectivity index (χ0v) is 11.6. The van der Waals surface area contributed by atoms with E-state index < -0.39 is 0 Å². The lowest BCUT2D eigenvalue weighted by atomic mass is 9.97. The Bertz CT molecular complexity index is 375. The van der Waals surface area contributed by atoms with E-state index in [1.54, 1.807) is 7.11 Å². The van der Waals surface area contributed by atoms with Gasteiger partial charge in [0.25, 0.3) is 0 Å². The van der Waals surface area contributed by atoms with E-state index in [0.717, 1.165) is 35.4 Å². The van der Waals surface area contributed by atoms with Crippen molar-refractivity contribution in [2.45, 2.75) is 46.6 Å². The molecule has 1 aromatic rings. The van der Waals surface area contributed by atoms with Crippen molar-refractivity contribution < 1.29 is 4.74 Å². The van der Waals surface area contributed by atoms with Crippen LogP contribution in [-0.2, 0) is 6.42 Å². The van der Waals surface area contributed by atoms with Gasteiger partial charge in [0.05, 0.1) is 7.11 Å². The molecular formula is C14H24N2O. The number of aromatic nitrogens is 1. The summed E-state index contributed by atoms with van der Waals surface area (Å²) in [4.78, 5) is 4.48. The third kappa shape index (κ3) is 3.43. The Labute approximate surface area is 104 Å². The van der Waals surface area contributed by atoms with Crippen LogP contribution >= 0.6 is 0 Å². The van der Waals surface area contributed by atoms with Gasteiger partial charge >= 0.3 is 0 Å². The minimum Gasteiger partial charge on any atom is -0.496 e. The molecule has 17 heavy (non-hydrogen) atoms. The molecule has 96 valence electrons. The molecule has 1 heterocycles. The summed E-state index contributed by atoms with van der Waals surface area (Å²) in [6, 6.07) is 0.239. The van der Waals surface area contributed by atoms with E-state index in [-0.39, 0.29) is 6.04 Å². The summed E-state index contributed by atoms with van der Waals surface area (Å²) in [7, 11) is 1.71. The smallest absolute Gasteiger partial charge is 0.128 e. The number of methoxy groups -OCH3 is 1. The van der Waals surface area contributed by atoms with Crippen LogP contribution in [-0.4, -0.2) is 18.1 Å². The van der Waals surface area contributed by atoms with Crippen LogP contribution in [0, 0.1) is 19.8 Å². The quantitative estimate of drug-likeness (QED) is 0.855. The van der Waals surface area contributed by atoms with Crippen LogP contribution in [0.1, 0.15) is 37.1 Å². The van der Waals surface area contributed by atoms with Crippen molar-refractivity contribution in [1.29, 1.82) is 0 Å². The average molecular weight is 236 g/mol. The second kappa shape index (κ2) is 6.01. The van der Waals surface area contributed by atoms with Crippen molar-refractivity contribution >= 4 is 0 Å². The van der Waals surface area contributed by atoms with Gasteiger partial charge in [0.15, 0.2) is 0 Å². The monoisotopic (exact) mass is 236 g/mol. The van der Waals surface area contributed by atoms with Gasteiger partial charge in [-0.15, -0.1) is 0 Å². The largest absolute Gasteiger partial charge is 0.496 e. The van der Waals surface area contributed by atoms with E-state index in [2.05, 4.69) is 25.8 Å². The molecule has 1 aromatic heterocycles. The van der Waals surface area contributed by atoms with Gasteiger partial charge in [-0.2, -0.15) is 0 Å². The van der Waals surface area contributed by atoms with Gasteiger partial charge in [-0.3, -0.25) is 4.98 Å². The van der Waals surface area contributed by atoms with Crippen molar-refractivity contribution in [2.24, 2.45) is 11.7 Å². The highest BCUT2D eigenvalue weighted by Gasteiger charge is 2.12. The first-order valence-corrected chi connectivity index (χ1v) is 6.22. The Morgan fingerprint density at radius 2 is 2.00 bits per heavy atom. The number of hydrogen-bond acceptors (Lipinski definition) is 3. The summed E-state index contributed by atoms with van der Waals surface area (Å²) in [5.41, 5.74) is 9.38. The van der Waals surface area contributed by atoms with Crippen molar-refractivity contribution in [2.75, 3.05) is 7.11 Å². The van der Waals surface area contributed by atoms with Gasteiger partial charge in [0.1, 0.15) is 5.75 Å². The third-order valence-electron chi connectivity index (χ3n) is 3.32. The number of hydrogen-bond donors (Lipinski definition) is 1. The van der Waals surface area contributed by atoms with Crippen LogP contribution in [0.2, 0.25) is 0 Å². The van der Waals surface area contributed by atoms with Crippen molar-refractivity contribution in [3.63, 3.8) is 0 Å². The SMILES string of the molecule is COc1c(C)cnc(CCC(N)C(C)C)c1C. The number of rotatable bonds is 5.